The van der Waals surface area contributed by atoms with Crippen LogP contribution < -0.4 is 10.3 Å². The number of nitrogens with zero attached hydrogens (tertiary/aromatic N) is 3. The van der Waals surface area contributed by atoms with Gasteiger partial charge in [-0.2, -0.15) is 0 Å². The fourth-order valence-corrected chi connectivity index (χ4v) is 4.72. The molecule has 1 N–H and O–H groups in total. The van der Waals surface area contributed by atoms with Gasteiger partial charge in [0, 0.05) is 42.8 Å². The highest BCUT2D eigenvalue weighted by molar-refractivity contribution is 5.93. The van der Waals surface area contributed by atoms with Gasteiger partial charge in [-0.15, -0.1) is 0 Å². The molecular formula is C20H22FN3O3. The number of rotatable bonds is 3. The zero-order valence-corrected chi connectivity index (χ0v) is 15.2. The molecule has 142 valence electrons. The predicted molar refractivity (Wildman–Crippen MR) is 100 cm³/mol. The summed E-state index contributed by atoms with van der Waals surface area (Å²) in [6.07, 6.45) is 5.50. The van der Waals surface area contributed by atoms with E-state index in [1.165, 1.54) is 12.3 Å². The van der Waals surface area contributed by atoms with E-state index in [1.54, 1.807) is 6.07 Å². The van der Waals surface area contributed by atoms with E-state index in [0.717, 1.165) is 38.8 Å². The Bertz CT molecular complexity index is 1010. The second-order valence-electron chi connectivity index (χ2n) is 8.11. The average molecular weight is 371 g/mol. The number of aromatic carboxylic acids is 1. The number of benzene rings is 1. The van der Waals surface area contributed by atoms with Gasteiger partial charge in [0.2, 0.25) is 5.43 Å². The fraction of sp³-hybridized carbons (Fsp3) is 0.500. The smallest absolute Gasteiger partial charge is 0.341 e. The topological polar surface area (TPSA) is 65.8 Å². The molecular weight excluding hydrogens is 349 g/mol. The quantitative estimate of drug-likeness (QED) is 0.898. The number of carbonyl (C=O) groups is 1. The number of aromatic nitrogens is 1. The number of piperidine rings is 2. The Balaban J connectivity index is 1.69. The minimum Gasteiger partial charge on any atom is -0.477 e. The van der Waals surface area contributed by atoms with E-state index in [4.69, 9.17) is 0 Å². The lowest BCUT2D eigenvalue weighted by molar-refractivity contribution is 0.0695. The Morgan fingerprint density at radius 2 is 1.81 bits per heavy atom. The number of likely N-dealkylation sites (N-methyl/N-ethyl adjacent to an activating group) is 1. The molecule has 1 aromatic carbocycles. The second-order valence-corrected chi connectivity index (χ2v) is 8.11. The van der Waals surface area contributed by atoms with Gasteiger partial charge < -0.3 is 14.6 Å². The highest BCUT2D eigenvalue weighted by Crippen LogP contribution is 2.39. The summed E-state index contributed by atoms with van der Waals surface area (Å²) in [5.41, 5.74) is 0.265. The van der Waals surface area contributed by atoms with E-state index in [1.807, 2.05) is 4.57 Å². The number of carboxylic acids is 1. The van der Waals surface area contributed by atoms with Crippen LogP contribution in [-0.4, -0.2) is 52.8 Å². The molecule has 2 aromatic rings. The van der Waals surface area contributed by atoms with Gasteiger partial charge in [-0.25, -0.2) is 9.18 Å². The van der Waals surface area contributed by atoms with Crippen molar-refractivity contribution in [1.82, 2.24) is 9.47 Å². The summed E-state index contributed by atoms with van der Waals surface area (Å²) >= 11 is 0. The van der Waals surface area contributed by atoms with Crippen LogP contribution in [0.25, 0.3) is 10.9 Å². The molecule has 1 aliphatic carbocycles. The Kier molecular flexibility index (Phi) is 3.59. The third-order valence-electron chi connectivity index (χ3n) is 6.38. The molecule has 2 atom stereocenters. The van der Waals surface area contributed by atoms with E-state index in [-0.39, 0.29) is 23.0 Å². The molecule has 3 saturated heterocycles. The Hall–Kier alpha value is -2.41. The highest BCUT2D eigenvalue weighted by Gasteiger charge is 2.38. The molecule has 1 aromatic heterocycles. The monoisotopic (exact) mass is 371 g/mol. The molecule has 2 unspecified atom stereocenters. The summed E-state index contributed by atoms with van der Waals surface area (Å²) in [7, 11) is 2.11. The molecule has 6 nitrogen and oxygen atoms in total. The van der Waals surface area contributed by atoms with Crippen LogP contribution in [0.1, 0.15) is 42.1 Å². The van der Waals surface area contributed by atoms with Crippen molar-refractivity contribution in [2.75, 3.05) is 25.0 Å². The molecule has 6 rings (SSSR count). The van der Waals surface area contributed by atoms with Gasteiger partial charge in [-0.05, 0) is 44.9 Å². The van der Waals surface area contributed by atoms with Gasteiger partial charge in [0.1, 0.15) is 11.4 Å². The van der Waals surface area contributed by atoms with Crippen molar-refractivity contribution >= 4 is 22.6 Å². The van der Waals surface area contributed by atoms with E-state index < -0.39 is 17.2 Å². The Morgan fingerprint density at radius 1 is 1.11 bits per heavy atom. The van der Waals surface area contributed by atoms with Gasteiger partial charge in [0.25, 0.3) is 0 Å². The normalized spacial score (nSPS) is 25.3. The zero-order chi connectivity index (χ0) is 18.9. The molecule has 0 spiro atoms. The molecule has 3 aliphatic heterocycles. The standard InChI is InChI=1S/C20H22FN3O3/c1-22-8-13-5-4-12(22)9-23(13)18-7-17-14(6-16(18)21)19(25)15(20(26)27)10-24(17)11-2-3-11/h6-7,10-13H,2-5,8-9H2,1H3,(H,26,27). The van der Waals surface area contributed by atoms with E-state index in [2.05, 4.69) is 16.8 Å². The van der Waals surface area contributed by atoms with E-state index >= 15 is 4.39 Å². The van der Waals surface area contributed by atoms with Crippen molar-refractivity contribution in [2.24, 2.45) is 0 Å². The number of anilines is 1. The van der Waals surface area contributed by atoms with Gasteiger partial charge >= 0.3 is 5.97 Å². The second kappa shape index (κ2) is 5.79. The number of carboxylic acid groups (broad SMARTS) is 1. The van der Waals surface area contributed by atoms with Crippen LogP contribution in [0.5, 0.6) is 0 Å². The molecule has 27 heavy (non-hydrogen) atoms. The third-order valence-corrected chi connectivity index (χ3v) is 6.38. The maximum atomic E-state index is 15.0. The summed E-state index contributed by atoms with van der Waals surface area (Å²) in [5, 5.41) is 9.51. The summed E-state index contributed by atoms with van der Waals surface area (Å²) in [6, 6.07) is 3.88. The Morgan fingerprint density at radius 3 is 2.41 bits per heavy atom. The van der Waals surface area contributed by atoms with Gasteiger partial charge in [0.05, 0.1) is 11.2 Å². The first-order valence-electron chi connectivity index (χ1n) is 9.52. The summed E-state index contributed by atoms with van der Waals surface area (Å²) in [5.74, 6) is -1.71. The molecule has 1 saturated carbocycles. The van der Waals surface area contributed by atoms with Crippen molar-refractivity contribution in [1.29, 1.82) is 0 Å². The van der Waals surface area contributed by atoms with Gasteiger partial charge in [0.15, 0.2) is 0 Å². The average Bonchev–Trinajstić information content (AvgIpc) is 3.47. The van der Waals surface area contributed by atoms with Crippen molar-refractivity contribution in [2.45, 2.75) is 43.8 Å². The molecule has 0 radical (unpaired) electrons. The molecule has 4 heterocycles. The van der Waals surface area contributed by atoms with E-state index in [0.29, 0.717) is 17.2 Å². The number of halogens is 1. The first-order chi connectivity index (χ1) is 12.9. The maximum absolute atomic E-state index is 15.0. The SMILES string of the molecule is CN1CC2CCC1CN2c1cc2c(cc1F)c(=O)c(C(=O)O)cn2C1CC1. The van der Waals surface area contributed by atoms with Crippen molar-refractivity contribution in [3.63, 3.8) is 0 Å². The van der Waals surface area contributed by atoms with Crippen LogP contribution in [0.3, 0.4) is 0 Å². The minimum absolute atomic E-state index is 0.155. The first kappa shape index (κ1) is 16.7. The molecule has 4 fully saturated rings. The highest BCUT2D eigenvalue weighted by atomic mass is 19.1. The number of piperazine rings is 1. The number of pyridine rings is 1. The predicted octanol–water partition coefficient (Wildman–Crippen LogP) is 2.46. The lowest BCUT2D eigenvalue weighted by Crippen LogP contribution is -2.61. The summed E-state index contributed by atoms with van der Waals surface area (Å²) < 4.78 is 16.9. The van der Waals surface area contributed by atoms with Crippen molar-refractivity contribution in [3.8, 4) is 0 Å². The molecule has 2 bridgehead atoms. The lowest BCUT2D eigenvalue weighted by atomic mass is 9.90. The van der Waals surface area contributed by atoms with Crippen LogP contribution in [0, 0.1) is 5.82 Å². The van der Waals surface area contributed by atoms with E-state index in [9.17, 15) is 14.7 Å². The summed E-state index contributed by atoms with van der Waals surface area (Å²) in [6.45, 7) is 1.69. The Labute approximate surface area is 155 Å². The fourth-order valence-electron chi connectivity index (χ4n) is 4.72. The largest absolute Gasteiger partial charge is 0.477 e. The molecule has 4 aliphatic rings. The van der Waals surface area contributed by atoms with Crippen LogP contribution in [0.15, 0.2) is 23.1 Å². The van der Waals surface area contributed by atoms with Crippen LogP contribution in [-0.2, 0) is 0 Å². The lowest BCUT2D eigenvalue weighted by Gasteiger charge is -2.51. The first-order valence-corrected chi connectivity index (χ1v) is 9.52. The third kappa shape index (κ3) is 2.56. The number of hydrogen-bond donors (Lipinski definition) is 1. The van der Waals surface area contributed by atoms with Gasteiger partial charge in [-0.3, -0.25) is 9.69 Å². The van der Waals surface area contributed by atoms with Crippen LogP contribution in [0.2, 0.25) is 0 Å². The minimum atomic E-state index is -1.27. The molecule has 7 heteroatoms. The van der Waals surface area contributed by atoms with Crippen LogP contribution >= 0.6 is 0 Å². The molecule has 0 amide bonds. The maximum Gasteiger partial charge on any atom is 0.341 e. The van der Waals surface area contributed by atoms with Gasteiger partial charge in [-0.1, -0.05) is 0 Å². The number of hydrogen-bond acceptors (Lipinski definition) is 4. The number of fused-ring (bicyclic) bond motifs is 4. The van der Waals surface area contributed by atoms with Crippen LogP contribution in [0.4, 0.5) is 10.1 Å². The van der Waals surface area contributed by atoms with Crippen molar-refractivity contribution in [3.05, 3.63) is 39.9 Å². The van der Waals surface area contributed by atoms with Crippen molar-refractivity contribution < 1.29 is 14.3 Å². The zero-order valence-electron chi connectivity index (χ0n) is 15.2. The summed E-state index contributed by atoms with van der Waals surface area (Å²) in [4.78, 5) is 28.5.